The lowest BCUT2D eigenvalue weighted by molar-refractivity contribution is -0.134. The number of amides is 1. The molecule has 0 radical (unpaired) electrons. The summed E-state index contributed by atoms with van der Waals surface area (Å²) >= 11 is 0. The van der Waals surface area contributed by atoms with Gasteiger partial charge in [0.15, 0.2) is 9.84 Å². The van der Waals surface area contributed by atoms with Crippen LogP contribution in [0.4, 0.5) is 0 Å². The summed E-state index contributed by atoms with van der Waals surface area (Å²) in [6, 6.07) is 0. The number of hydrogen-bond acceptors (Lipinski definition) is 4. The molecule has 1 atom stereocenters. The zero-order valence-electron chi connectivity index (χ0n) is 11.2. The Morgan fingerprint density at radius 3 is 2.39 bits per heavy atom. The van der Waals surface area contributed by atoms with Gasteiger partial charge in [-0.25, -0.2) is 8.42 Å². The van der Waals surface area contributed by atoms with E-state index in [2.05, 4.69) is 0 Å². The van der Waals surface area contributed by atoms with E-state index in [0.29, 0.717) is 19.5 Å². The van der Waals surface area contributed by atoms with Crippen LogP contribution in [0.1, 0.15) is 20.3 Å². The summed E-state index contributed by atoms with van der Waals surface area (Å²) in [6.07, 6.45) is 0.453. The zero-order valence-corrected chi connectivity index (χ0v) is 12.8. The standard InChI is InChI=1S/C11H22N2O3S.ClH/c1-11(2,7-12)8-13(3)10(14)9-4-5-17(15,16)6-9;/h9H,4-8,12H2,1-3H3;1H. The van der Waals surface area contributed by atoms with Crippen molar-refractivity contribution in [2.45, 2.75) is 20.3 Å². The maximum absolute atomic E-state index is 12.0. The van der Waals surface area contributed by atoms with Crippen molar-refractivity contribution in [2.24, 2.45) is 17.1 Å². The van der Waals surface area contributed by atoms with E-state index in [4.69, 9.17) is 5.73 Å². The summed E-state index contributed by atoms with van der Waals surface area (Å²) in [6.45, 7) is 5.02. The fraction of sp³-hybridized carbons (Fsp3) is 0.909. The number of hydrogen-bond donors (Lipinski definition) is 1. The molecule has 1 saturated heterocycles. The summed E-state index contributed by atoms with van der Waals surface area (Å²) in [5, 5.41) is 0. The van der Waals surface area contributed by atoms with Gasteiger partial charge in [-0.15, -0.1) is 12.4 Å². The van der Waals surface area contributed by atoms with Gasteiger partial charge in [-0.2, -0.15) is 0 Å². The molecule has 0 aromatic carbocycles. The lowest BCUT2D eigenvalue weighted by Gasteiger charge is -2.30. The van der Waals surface area contributed by atoms with E-state index < -0.39 is 9.84 Å². The molecule has 0 spiro atoms. The summed E-state index contributed by atoms with van der Waals surface area (Å²) < 4.78 is 22.6. The van der Waals surface area contributed by atoms with Gasteiger partial charge in [0.05, 0.1) is 17.4 Å². The van der Waals surface area contributed by atoms with Crippen molar-refractivity contribution in [1.29, 1.82) is 0 Å². The predicted molar refractivity (Wildman–Crippen MR) is 74.5 cm³/mol. The van der Waals surface area contributed by atoms with Gasteiger partial charge in [0.2, 0.25) is 5.91 Å². The maximum Gasteiger partial charge on any atom is 0.226 e. The minimum Gasteiger partial charge on any atom is -0.345 e. The van der Waals surface area contributed by atoms with E-state index in [0.717, 1.165) is 0 Å². The van der Waals surface area contributed by atoms with Crippen LogP contribution in [0.3, 0.4) is 0 Å². The SMILES string of the molecule is CN(CC(C)(C)CN)C(=O)C1CCS(=O)(=O)C1.Cl. The highest BCUT2D eigenvalue weighted by molar-refractivity contribution is 7.91. The lowest BCUT2D eigenvalue weighted by atomic mass is 9.92. The van der Waals surface area contributed by atoms with E-state index in [1.807, 2.05) is 13.8 Å². The van der Waals surface area contributed by atoms with Crippen LogP contribution < -0.4 is 5.73 Å². The lowest BCUT2D eigenvalue weighted by Crippen LogP contribution is -2.42. The molecule has 1 amide bonds. The Morgan fingerprint density at radius 2 is 2.00 bits per heavy atom. The summed E-state index contributed by atoms with van der Waals surface area (Å²) in [4.78, 5) is 13.7. The number of sulfone groups is 1. The van der Waals surface area contributed by atoms with Crippen molar-refractivity contribution < 1.29 is 13.2 Å². The largest absolute Gasteiger partial charge is 0.345 e. The van der Waals surface area contributed by atoms with Crippen LogP contribution in [0.2, 0.25) is 0 Å². The van der Waals surface area contributed by atoms with Crippen LogP contribution in [0, 0.1) is 11.3 Å². The molecular formula is C11H23ClN2O3S. The molecule has 0 aliphatic carbocycles. The molecular weight excluding hydrogens is 276 g/mol. The fourth-order valence-corrected chi connectivity index (χ4v) is 3.82. The number of nitrogens with two attached hydrogens (primary N) is 1. The van der Waals surface area contributed by atoms with Gasteiger partial charge < -0.3 is 10.6 Å². The van der Waals surface area contributed by atoms with Crippen LogP contribution >= 0.6 is 12.4 Å². The molecule has 0 bridgehead atoms. The molecule has 1 heterocycles. The molecule has 18 heavy (non-hydrogen) atoms. The van der Waals surface area contributed by atoms with E-state index in [1.165, 1.54) is 0 Å². The molecule has 0 aromatic heterocycles. The average Bonchev–Trinajstić information content (AvgIpc) is 2.57. The van der Waals surface area contributed by atoms with Gasteiger partial charge in [-0.3, -0.25) is 4.79 Å². The van der Waals surface area contributed by atoms with Crippen molar-refractivity contribution in [3.05, 3.63) is 0 Å². The monoisotopic (exact) mass is 298 g/mol. The van der Waals surface area contributed by atoms with Gasteiger partial charge >= 0.3 is 0 Å². The van der Waals surface area contributed by atoms with Gasteiger partial charge in [0.1, 0.15) is 0 Å². The third-order valence-corrected chi connectivity index (χ3v) is 4.94. The third-order valence-electron chi connectivity index (χ3n) is 3.18. The smallest absolute Gasteiger partial charge is 0.226 e. The first-order valence-electron chi connectivity index (χ1n) is 5.82. The molecule has 1 unspecified atom stereocenters. The molecule has 7 heteroatoms. The van der Waals surface area contributed by atoms with Crippen molar-refractivity contribution in [3.63, 3.8) is 0 Å². The van der Waals surface area contributed by atoms with Crippen LogP contribution in [-0.2, 0) is 14.6 Å². The highest BCUT2D eigenvalue weighted by Gasteiger charge is 2.35. The molecule has 108 valence electrons. The minimum atomic E-state index is -3.00. The predicted octanol–water partition coefficient (Wildman–Crippen LogP) is 0.286. The summed E-state index contributed by atoms with van der Waals surface area (Å²) in [7, 11) is -1.28. The fourth-order valence-electron chi connectivity index (χ4n) is 2.09. The number of rotatable bonds is 4. The first kappa shape index (κ1) is 17.7. The normalized spacial score (nSPS) is 22.3. The second-order valence-electron chi connectivity index (χ2n) is 5.66. The second kappa shape index (κ2) is 6.21. The minimum absolute atomic E-state index is 0. The quantitative estimate of drug-likeness (QED) is 0.809. The average molecular weight is 299 g/mol. The van der Waals surface area contributed by atoms with Crippen molar-refractivity contribution in [2.75, 3.05) is 31.6 Å². The van der Waals surface area contributed by atoms with E-state index in [1.54, 1.807) is 11.9 Å². The molecule has 5 nitrogen and oxygen atoms in total. The maximum atomic E-state index is 12.0. The van der Waals surface area contributed by atoms with Crippen molar-refractivity contribution in [3.8, 4) is 0 Å². The van der Waals surface area contributed by atoms with Crippen LogP contribution in [0.5, 0.6) is 0 Å². The second-order valence-corrected chi connectivity index (χ2v) is 7.89. The van der Waals surface area contributed by atoms with E-state index in [-0.39, 0.29) is 41.2 Å². The Bertz CT molecular complexity index is 395. The number of carbonyl (C=O) groups excluding carboxylic acids is 1. The number of nitrogens with zero attached hydrogens (tertiary/aromatic N) is 1. The Hall–Kier alpha value is -0.330. The van der Waals surface area contributed by atoms with Crippen LogP contribution in [0.25, 0.3) is 0 Å². The highest BCUT2D eigenvalue weighted by Crippen LogP contribution is 2.22. The molecule has 1 aliphatic rings. The molecule has 0 saturated carbocycles. The van der Waals surface area contributed by atoms with E-state index >= 15 is 0 Å². The molecule has 0 aromatic rings. The number of carbonyl (C=O) groups is 1. The third kappa shape index (κ3) is 4.74. The van der Waals surface area contributed by atoms with Gasteiger partial charge in [0.25, 0.3) is 0 Å². The van der Waals surface area contributed by atoms with Crippen molar-refractivity contribution in [1.82, 2.24) is 4.90 Å². The first-order valence-corrected chi connectivity index (χ1v) is 7.64. The van der Waals surface area contributed by atoms with Gasteiger partial charge in [-0.05, 0) is 18.4 Å². The topological polar surface area (TPSA) is 80.5 Å². The first-order chi connectivity index (χ1) is 7.67. The summed E-state index contributed by atoms with van der Waals surface area (Å²) in [5.41, 5.74) is 5.48. The Labute approximate surface area is 115 Å². The van der Waals surface area contributed by atoms with Crippen LogP contribution in [-0.4, -0.2) is 50.9 Å². The Morgan fingerprint density at radius 1 is 1.44 bits per heavy atom. The Balaban J connectivity index is 0.00000289. The summed E-state index contributed by atoms with van der Waals surface area (Å²) in [5.74, 6) is -0.303. The molecule has 1 rings (SSSR count). The molecule has 1 fully saturated rings. The van der Waals surface area contributed by atoms with E-state index in [9.17, 15) is 13.2 Å². The number of halogens is 1. The van der Waals surface area contributed by atoms with Gasteiger partial charge in [-0.1, -0.05) is 13.8 Å². The van der Waals surface area contributed by atoms with Crippen molar-refractivity contribution >= 4 is 28.2 Å². The Kier molecular flexibility index (Phi) is 6.10. The molecule has 2 N–H and O–H groups in total. The van der Waals surface area contributed by atoms with Gasteiger partial charge in [0, 0.05) is 13.6 Å². The van der Waals surface area contributed by atoms with Crippen LogP contribution in [0.15, 0.2) is 0 Å². The zero-order chi connectivity index (χ0) is 13.3. The highest BCUT2D eigenvalue weighted by atomic mass is 35.5. The molecule has 1 aliphatic heterocycles.